The van der Waals surface area contributed by atoms with Crippen LogP contribution in [0.25, 0.3) is 5.76 Å². The molecule has 0 aromatic heterocycles. The Bertz CT molecular complexity index is 1320. The van der Waals surface area contributed by atoms with Crippen LogP contribution >= 0.6 is 11.6 Å². The summed E-state index contributed by atoms with van der Waals surface area (Å²) in [4.78, 5) is 28.1. The van der Waals surface area contributed by atoms with Crippen LogP contribution in [-0.2, 0) is 9.59 Å². The fourth-order valence-corrected chi connectivity index (χ4v) is 4.30. The molecule has 0 aliphatic carbocycles. The molecule has 0 saturated carbocycles. The quantitative estimate of drug-likeness (QED) is 0.236. The molecule has 8 heteroatoms. The van der Waals surface area contributed by atoms with Gasteiger partial charge in [-0.1, -0.05) is 36.7 Å². The topological polar surface area (TPSA) is 85.3 Å². The number of ether oxygens (including phenoxy) is 3. The summed E-state index contributed by atoms with van der Waals surface area (Å²) in [6, 6.07) is 17.7. The second-order valence-corrected chi connectivity index (χ2v) is 8.54. The van der Waals surface area contributed by atoms with Crippen LogP contribution in [0.15, 0.2) is 72.3 Å². The summed E-state index contributed by atoms with van der Waals surface area (Å²) in [6.45, 7) is 2.59. The third kappa shape index (κ3) is 4.75. The van der Waals surface area contributed by atoms with Gasteiger partial charge in [0.15, 0.2) is 0 Å². The van der Waals surface area contributed by atoms with Crippen LogP contribution in [0.3, 0.4) is 0 Å². The first-order chi connectivity index (χ1) is 17.4. The highest BCUT2D eigenvalue weighted by atomic mass is 35.5. The molecule has 3 aromatic carbocycles. The Morgan fingerprint density at radius 3 is 2.39 bits per heavy atom. The minimum atomic E-state index is -0.890. The maximum Gasteiger partial charge on any atom is 0.300 e. The molecular formula is C28H26ClNO6. The lowest BCUT2D eigenvalue weighted by Crippen LogP contribution is -2.29. The summed E-state index contributed by atoms with van der Waals surface area (Å²) < 4.78 is 16.3. The van der Waals surface area contributed by atoms with E-state index in [-0.39, 0.29) is 11.3 Å². The number of hydrogen-bond donors (Lipinski definition) is 1. The van der Waals surface area contributed by atoms with Gasteiger partial charge >= 0.3 is 0 Å². The van der Waals surface area contributed by atoms with Crippen molar-refractivity contribution in [2.24, 2.45) is 0 Å². The first-order valence-electron chi connectivity index (χ1n) is 11.4. The highest BCUT2D eigenvalue weighted by Gasteiger charge is 2.47. The number of carbonyl (C=O) groups is 2. The number of methoxy groups -OCH3 is 2. The maximum atomic E-state index is 13.3. The molecule has 1 aliphatic rings. The summed E-state index contributed by atoms with van der Waals surface area (Å²) in [5.74, 6) is -0.371. The van der Waals surface area contributed by atoms with Crippen molar-refractivity contribution in [3.63, 3.8) is 0 Å². The van der Waals surface area contributed by atoms with E-state index in [1.54, 1.807) is 60.7 Å². The van der Waals surface area contributed by atoms with Crippen molar-refractivity contribution in [1.29, 1.82) is 0 Å². The summed E-state index contributed by atoms with van der Waals surface area (Å²) in [5.41, 5.74) is 1.34. The monoisotopic (exact) mass is 507 g/mol. The molecule has 7 nitrogen and oxygen atoms in total. The lowest BCUT2D eigenvalue weighted by Gasteiger charge is -2.26. The van der Waals surface area contributed by atoms with Crippen LogP contribution in [0.5, 0.6) is 17.2 Å². The number of amides is 1. The molecule has 0 spiro atoms. The Kier molecular flexibility index (Phi) is 7.50. The number of anilines is 1. The number of benzene rings is 3. The van der Waals surface area contributed by atoms with Gasteiger partial charge < -0.3 is 19.3 Å². The lowest BCUT2D eigenvalue weighted by atomic mass is 9.95. The summed E-state index contributed by atoms with van der Waals surface area (Å²) >= 11 is 6.14. The second kappa shape index (κ2) is 10.7. The average molecular weight is 508 g/mol. The van der Waals surface area contributed by atoms with Gasteiger partial charge in [0.05, 0.1) is 37.5 Å². The van der Waals surface area contributed by atoms with Crippen molar-refractivity contribution in [2.75, 3.05) is 25.7 Å². The van der Waals surface area contributed by atoms with E-state index in [4.69, 9.17) is 25.8 Å². The standard InChI is InChI=1S/C28H26ClNO6/c1-4-14-36-20-11-8-17(9-12-20)25-24(26(31)18-10-13-22(29)23(15-18)35-3)27(32)28(33)30(25)19-6-5-7-21(16-19)34-2/h5-13,15-16,25,31H,4,14H2,1-3H3/b26-24+. The van der Waals surface area contributed by atoms with E-state index in [0.29, 0.717) is 45.7 Å². The van der Waals surface area contributed by atoms with Crippen LogP contribution in [0.2, 0.25) is 5.02 Å². The van der Waals surface area contributed by atoms with Gasteiger partial charge in [-0.3, -0.25) is 14.5 Å². The van der Waals surface area contributed by atoms with Crippen LogP contribution in [0.4, 0.5) is 5.69 Å². The molecular weight excluding hydrogens is 482 g/mol. The molecule has 1 N–H and O–H groups in total. The Morgan fingerprint density at radius 2 is 1.72 bits per heavy atom. The molecule has 1 amide bonds. The molecule has 1 fully saturated rings. The highest BCUT2D eigenvalue weighted by molar-refractivity contribution is 6.51. The largest absolute Gasteiger partial charge is 0.507 e. The number of Topliss-reactive ketones (excluding diaryl/α,β-unsaturated/α-hetero) is 1. The molecule has 186 valence electrons. The van der Waals surface area contributed by atoms with Gasteiger partial charge in [-0.15, -0.1) is 0 Å². The highest BCUT2D eigenvalue weighted by Crippen LogP contribution is 2.43. The average Bonchev–Trinajstić information content (AvgIpc) is 3.17. The number of rotatable bonds is 8. The van der Waals surface area contributed by atoms with E-state index < -0.39 is 17.7 Å². The maximum absolute atomic E-state index is 13.3. The summed E-state index contributed by atoms with van der Waals surface area (Å²) in [5, 5.41) is 11.7. The molecule has 1 atom stereocenters. The van der Waals surface area contributed by atoms with Gasteiger partial charge in [0.2, 0.25) is 0 Å². The molecule has 3 aromatic rings. The number of carbonyl (C=O) groups excluding carboxylic acids is 2. The number of aliphatic hydroxyl groups excluding tert-OH is 1. The SMILES string of the molecule is CCCOc1ccc(C2/C(=C(\O)c3ccc(Cl)c(OC)c3)C(=O)C(=O)N2c2cccc(OC)c2)cc1. The molecule has 1 aliphatic heterocycles. The molecule has 4 rings (SSSR count). The minimum Gasteiger partial charge on any atom is -0.507 e. The molecule has 1 saturated heterocycles. The first kappa shape index (κ1) is 25.1. The Labute approximate surface area is 214 Å². The summed E-state index contributed by atoms with van der Waals surface area (Å²) in [6.07, 6.45) is 0.863. The van der Waals surface area contributed by atoms with Crippen molar-refractivity contribution in [2.45, 2.75) is 19.4 Å². The van der Waals surface area contributed by atoms with E-state index in [9.17, 15) is 14.7 Å². The van der Waals surface area contributed by atoms with E-state index in [2.05, 4.69) is 0 Å². The molecule has 0 radical (unpaired) electrons. The van der Waals surface area contributed by atoms with Crippen molar-refractivity contribution >= 4 is 34.7 Å². The smallest absolute Gasteiger partial charge is 0.300 e. The zero-order chi connectivity index (χ0) is 25.8. The van der Waals surface area contributed by atoms with Crippen molar-refractivity contribution < 1.29 is 28.9 Å². The zero-order valence-corrected chi connectivity index (χ0v) is 20.9. The van der Waals surface area contributed by atoms with Crippen LogP contribution in [0, 0.1) is 0 Å². The number of nitrogens with zero attached hydrogens (tertiary/aromatic N) is 1. The molecule has 1 unspecified atom stereocenters. The predicted molar refractivity (Wildman–Crippen MR) is 138 cm³/mol. The normalized spacial score (nSPS) is 16.8. The zero-order valence-electron chi connectivity index (χ0n) is 20.2. The number of halogens is 1. The third-order valence-electron chi connectivity index (χ3n) is 5.87. The Morgan fingerprint density at radius 1 is 0.972 bits per heavy atom. The molecule has 1 heterocycles. The van der Waals surface area contributed by atoms with Gasteiger partial charge in [0.25, 0.3) is 11.7 Å². The van der Waals surface area contributed by atoms with Gasteiger partial charge in [-0.05, 0) is 54.4 Å². The second-order valence-electron chi connectivity index (χ2n) is 8.14. The lowest BCUT2D eigenvalue weighted by molar-refractivity contribution is -0.132. The van der Waals surface area contributed by atoms with Gasteiger partial charge in [0.1, 0.15) is 23.0 Å². The van der Waals surface area contributed by atoms with Gasteiger partial charge in [0, 0.05) is 17.3 Å². The van der Waals surface area contributed by atoms with E-state index >= 15 is 0 Å². The van der Waals surface area contributed by atoms with E-state index in [1.165, 1.54) is 25.2 Å². The predicted octanol–water partition coefficient (Wildman–Crippen LogP) is 5.77. The van der Waals surface area contributed by atoms with Crippen molar-refractivity contribution in [3.8, 4) is 17.2 Å². The number of hydrogen-bond acceptors (Lipinski definition) is 6. The van der Waals surface area contributed by atoms with Crippen LogP contribution in [0.1, 0.15) is 30.5 Å². The minimum absolute atomic E-state index is 0.0468. The Hall–Kier alpha value is -3.97. The molecule has 36 heavy (non-hydrogen) atoms. The van der Waals surface area contributed by atoms with E-state index in [0.717, 1.165) is 6.42 Å². The number of ketones is 1. The fraction of sp³-hybridized carbons (Fsp3) is 0.214. The Balaban J connectivity index is 1.89. The van der Waals surface area contributed by atoms with Gasteiger partial charge in [-0.25, -0.2) is 0 Å². The fourth-order valence-electron chi connectivity index (χ4n) is 4.10. The van der Waals surface area contributed by atoms with Crippen molar-refractivity contribution in [1.82, 2.24) is 0 Å². The number of aliphatic hydroxyl groups is 1. The van der Waals surface area contributed by atoms with Crippen molar-refractivity contribution in [3.05, 3.63) is 88.5 Å². The third-order valence-corrected chi connectivity index (χ3v) is 6.18. The van der Waals surface area contributed by atoms with Crippen LogP contribution in [-0.4, -0.2) is 37.6 Å². The van der Waals surface area contributed by atoms with Crippen LogP contribution < -0.4 is 19.1 Å². The van der Waals surface area contributed by atoms with E-state index in [1.807, 2.05) is 6.92 Å². The van der Waals surface area contributed by atoms with Gasteiger partial charge in [-0.2, -0.15) is 0 Å². The summed E-state index contributed by atoms with van der Waals surface area (Å²) in [7, 11) is 2.97. The first-order valence-corrected chi connectivity index (χ1v) is 11.8. The molecule has 0 bridgehead atoms.